The SMILES string of the molecule is Cc1c(C(=O)NC2C3CCCCC32)cc(-c2cc(C(F)(F)F)ccc2C(F)(F)F)n1C[C@H]1CCCO1. The number of halogens is 6. The molecule has 2 aliphatic carbocycles. The second-order valence-electron chi connectivity index (χ2n) is 10.1. The first-order valence-corrected chi connectivity index (χ1v) is 12.4. The summed E-state index contributed by atoms with van der Waals surface area (Å²) in [5, 5.41) is 3.03. The highest BCUT2D eigenvalue weighted by Gasteiger charge is 2.51. The molecule has 1 aromatic carbocycles. The standard InChI is InChI=1S/C26H28F6N2O2/c1-14-19(24(35)33-23-17-6-2-3-7-18(17)23)12-22(34(14)13-16-5-4-10-36-16)20-11-15(25(27,28)29)8-9-21(20)26(30,31)32/h8-9,11-12,16-18,23H,2-7,10,13H2,1H3,(H,33,35)/t16-,17?,18?,23?/m1/s1. The van der Waals surface area contributed by atoms with E-state index in [2.05, 4.69) is 5.32 Å². The van der Waals surface area contributed by atoms with Gasteiger partial charge in [0.1, 0.15) is 0 Å². The van der Waals surface area contributed by atoms with Gasteiger partial charge in [-0.3, -0.25) is 4.79 Å². The van der Waals surface area contributed by atoms with Crippen LogP contribution in [0.1, 0.15) is 65.7 Å². The van der Waals surface area contributed by atoms with Gasteiger partial charge in [-0.05, 0) is 68.7 Å². The van der Waals surface area contributed by atoms with Crippen molar-refractivity contribution in [3.63, 3.8) is 0 Å². The molecule has 0 bridgehead atoms. The molecule has 10 heteroatoms. The van der Waals surface area contributed by atoms with Crippen LogP contribution in [0.25, 0.3) is 11.3 Å². The maximum atomic E-state index is 13.9. The van der Waals surface area contributed by atoms with E-state index in [9.17, 15) is 31.1 Å². The van der Waals surface area contributed by atoms with Crippen molar-refractivity contribution < 1.29 is 35.9 Å². The van der Waals surface area contributed by atoms with Crippen LogP contribution in [0, 0.1) is 18.8 Å². The zero-order chi connectivity index (χ0) is 25.8. The van der Waals surface area contributed by atoms with Gasteiger partial charge in [0, 0.05) is 36.1 Å². The number of benzene rings is 1. The maximum absolute atomic E-state index is 13.9. The highest BCUT2D eigenvalue weighted by Crippen LogP contribution is 2.50. The van der Waals surface area contributed by atoms with Crippen molar-refractivity contribution in [2.24, 2.45) is 11.8 Å². The largest absolute Gasteiger partial charge is 0.417 e. The molecule has 1 amide bonds. The Morgan fingerprint density at radius 2 is 1.69 bits per heavy atom. The Bertz CT molecular complexity index is 1130. The summed E-state index contributed by atoms with van der Waals surface area (Å²) in [4.78, 5) is 13.2. The molecule has 0 radical (unpaired) electrons. The van der Waals surface area contributed by atoms with Gasteiger partial charge >= 0.3 is 12.4 Å². The summed E-state index contributed by atoms with van der Waals surface area (Å²) in [7, 11) is 0. The molecule has 196 valence electrons. The van der Waals surface area contributed by atoms with E-state index in [-0.39, 0.29) is 29.9 Å². The van der Waals surface area contributed by atoms with Crippen LogP contribution in [-0.4, -0.2) is 29.2 Å². The highest BCUT2D eigenvalue weighted by atomic mass is 19.4. The fourth-order valence-electron chi connectivity index (χ4n) is 5.94. The topological polar surface area (TPSA) is 43.3 Å². The third kappa shape index (κ3) is 4.76. The van der Waals surface area contributed by atoms with E-state index in [0.29, 0.717) is 48.8 Å². The Labute approximate surface area is 205 Å². The summed E-state index contributed by atoms with van der Waals surface area (Å²) in [6.45, 7) is 2.28. The first-order chi connectivity index (χ1) is 16.9. The van der Waals surface area contributed by atoms with Crippen LogP contribution in [0.4, 0.5) is 26.3 Å². The van der Waals surface area contributed by atoms with Crippen molar-refractivity contribution in [2.45, 2.75) is 76.5 Å². The van der Waals surface area contributed by atoms with Crippen LogP contribution in [0.3, 0.4) is 0 Å². The average Bonchev–Trinajstić information content (AvgIpc) is 3.12. The molecule has 3 atom stereocenters. The summed E-state index contributed by atoms with van der Waals surface area (Å²) >= 11 is 0. The summed E-state index contributed by atoms with van der Waals surface area (Å²) in [5.74, 6) is 0.452. The molecule has 1 saturated heterocycles. The van der Waals surface area contributed by atoms with Crippen LogP contribution < -0.4 is 5.32 Å². The van der Waals surface area contributed by atoms with Gasteiger partial charge in [-0.2, -0.15) is 26.3 Å². The fraction of sp³-hybridized carbons (Fsp3) is 0.577. The molecule has 1 aliphatic heterocycles. The molecule has 36 heavy (non-hydrogen) atoms. The molecule has 1 aromatic heterocycles. The number of hydrogen-bond acceptors (Lipinski definition) is 2. The van der Waals surface area contributed by atoms with Gasteiger partial charge in [-0.15, -0.1) is 0 Å². The van der Waals surface area contributed by atoms with Gasteiger partial charge in [-0.1, -0.05) is 12.8 Å². The number of hydrogen-bond donors (Lipinski definition) is 1. The first kappa shape index (κ1) is 25.2. The minimum Gasteiger partial charge on any atom is -0.376 e. The van der Waals surface area contributed by atoms with E-state index in [0.717, 1.165) is 32.1 Å². The lowest BCUT2D eigenvalue weighted by molar-refractivity contribution is -0.141. The molecular weight excluding hydrogens is 486 g/mol. The molecule has 3 aliphatic rings. The summed E-state index contributed by atoms with van der Waals surface area (Å²) in [6.07, 6.45) is -4.21. The summed E-state index contributed by atoms with van der Waals surface area (Å²) in [5.41, 5.74) is -2.44. The normalized spacial score (nSPS) is 26.1. The van der Waals surface area contributed by atoms with Crippen molar-refractivity contribution in [1.29, 1.82) is 0 Å². The second kappa shape index (κ2) is 9.11. The molecule has 5 rings (SSSR count). The molecule has 2 unspecified atom stereocenters. The highest BCUT2D eigenvalue weighted by molar-refractivity contribution is 5.97. The third-order valence-corrected chi connectivity index (χ3v) is 7.90. The lowest BCUT2D eigenvalue weighted by atomic mass is 9.99. The van der Waals surface area contributed by atoms with Crippen LogP contribution in [0.5, 0.6) is 0 Å². The summed E-state index contributed by atoms with van der Waals surface area (Å²) < 4.78 is 89.4. The van der Waals surface area contributed by atoms with Gasteiger partial charge < -0.3 is 14.6 Å². The Morgan fingerprint density at radius 1 is 1.00 bits per heavy atom. The van der Waals surface area contributed by atoms with Gasteiger partial charge in [0.25, 0.3) is 5.91 Å². The van der Waals surface area contributed by atoms with E-state index in [1.54, 1.807) is 6.92 Å². The Hall–Kier alpha value is -2.49. The molecule has 2 heterocycles. The number of carbonyl (C=O) groups is 1. The predicted octanol–water partition coefficient (Wildman–Crippen LogP) is 6.60. The van der Waals surface area contributed by atoms with Gasteiger partial charge in [0.15, 0.2) is 0 Å². The van der Waals surface area contributed by atoms with E-state index in [4.69, 9.17) is 4.74 Å². The van der Waals surface area contributed by atoms with Gasteiger partial charge in [0.05, 0.1) is 22.8 Å². The number of fused-ring (bicyclic) bond motifs is 1. The minimum absolute atomic E-state index is 0.0451. The molecule has 2 saturated carbocycles. The van der Waals surface area contributed by atoms with Crippen molar-refractivity contribution in [3.8, 4) is 11.3 Å². The maximum Gasteiger partial charge on any atom is 0.417 e. The Balaban J connectivity index is 1.57. The quantitative estimate of drug-likeness (QED) is 0.457. The number of nitrogens with one attached hydrogen (secondary N) is 1. The first-order valence-electron chi connectivity index (χ1n) is 12.4. The van der Waals surface area contributed by atoms with E-state index in [1.807, 2.05) is 0 Å². The van der Waals surface area contributed by atoms with E-state index >= 15 is 0 Å². The zero-order valence-corrected chi connectivity index (χ0v) is 19.8. The second-order valence-corrected chi connectivity index (χ2v) is 10.1. The van der Waals surface area contributed by atoms with Crippen molar-refractivity contribution >= 4 is 5.91 Å². The number of rotatable bonds is 5. The number of alkyl halides is 6. The van der Waals surface area contributed by atoms with E-state index < -0.39 is 35.0 Å². The lowest BCUT2D eigenvalue weighted by Gasteiger charge is -2.20. The molecule has 2 aromatic rings. The van der Waals surface area contributed by atoms with Crippen molar-refractivity contribution in [2.75, 3.05) is 6.61 Å². The predicted molar refractivity (Wildman–Crippen MR) is 120 cm³/mol. The van der Waals surface area contributed by atoms with Crippen LogP contribution in [-0.2, 0) is 23.6 Å². The Morgan fingerprint density at radius 3 is 2.28 bits per heavy atom. The number of amides is 1. The fourth-order valence-corrected chi connectivity index (χ4v) is 5.94. The van der Waals surface area contributed by atoms with Crippen molar-refractivity contribution in [1.82, 2.24) is 9.88 Å². The van der Waals surface area contributed by atoms with Crippen molar-refractivity contribution in [3.05, 3.63) is 46.6 Å². The average molecular weight is 515 g/mol. The minimum atomic E-state index is -4.88. The molecule has 3 fully saturated rings. The third-order valence-electron chi connectivity index (χ3n) is 7.90. The van der Waals surface area contributed by atoms with Gasteiger partial charge in [-0.25, -0.2) is 0 Å². The number of carbonyl (C=O) groups excluding carboxylic acids is 1. The number of nitrogens with zero attached hydrogens (tertiary/aromatic N) is 1. The van der Waals surface area contributed by atoms with E-state index in [1.165, 1.54) is 10.6 Å². The van der Waals surface area contributed by atoms with Crippen LogP contribution in [0.15, 0.2) is 24.3 Å². The Kier molecular flexibility index (Phi) is 6.37. The number of ether oxygens (including phenoxy) is 1. The zero-order valence-electron chi connectivity index (χ0n) is 19.8. The molecular formula is C26H28F6N2O2. The lowest BCUT2D eigenvalue weighted by Crippen LogP contribution is -2.28. The monoisotopic (exact) mass is 514 g/mol. The molecule has 4 nitrogen and oxygen atoms in total. The smallest absolute Gasteiger partial charge is 0.376 e. The van der Waals surface area contributed by atoms with Crippen LogP contribution in [0.2, 0.25) is 0 Å². The number of aromatic nitrogens is 1. The van der Waals surface area contributed by atoms with Crippen LogP contribution >= 0.6 is 0 Å². The molecule has 1 N–H and O–H groups in total. The molecule has 0 spiro atoms. The van der Waals surface area contributed by atoms with Gasteiger partial charge in [0.2, 0.25) is 0 Å². The summed E-state index contributed by atoms with van der Waals surface area (Å²) in [6, 6.07) is 2.78.